The van der Waals surface area contributed by atoms with E-state index in [2.05, 4.69) is 0 Å². The minimum absolute atomic E-state index is 0.120. The molecular weight excluding hydrogens is 250 g/mol. The molecule has 0 aliphatic rings. The van der Waals surface area contributed by atoms with Gasteiger partial charge in [0.15, 0.2) is 5.75 Å². The van der Waals surface area contributed by atoms with Crippen LogP contribution in [-0.4, -0.2) is 24.5 Å². The van der Waals surface area contributed by atoms with Gasteiger partial charge in [-0.05, 0) is 25.0 Å². The molecule has 0 spiro atoms. The van der Waals surface area contributed by atoms with Crippen molar-refractivity contribution in [2.75, 3.05) is 13.7 Å². The van der Waals surface area contributed by atoms with Crippen LogP contribution in [-0.2, 0) is 0 Å². The second-order valence-electron chi connectivity index (χ2n) is 3.92. The molecule has 0 heterocycles. The first kappa shape index (κ1) is 14.7. The van der Waals surface area contributed by atoms with E-state index in [-0.39, 0.29) is 17.3 Å². The zero-order chi connectivity index (χ0) is 14.3. The smallest absolute Gasteiger partial charge is 0.314 e. The Labute approximate surface area is 111 Å². The number of rotatable bonds is 8. The van der Waals surface area contributed by atoms with Crippen molar-refractivity contribution in [1.82, 2.24) is 0 Å². The zero-order valence-electron chi connectivity index (χ0n) is 10.7. The first-order valence-electron chi connectivity index (χ1n) is 5.82. The summed E-state index contributed by atoms with van der Waals surface area (Å²) in [5.41, 5.74) is 5.10. The number of amidine groups is 1. The van der Waals surface area contributed by atoms with Crippen molar-refractivity contribution in [3.63, 3.8) is 0 Å². The van der Waals surface area contributed by atoms with Gasteiger partial charge in [0, 0.05) is 6.42 Å². The Bertz CT molecular complexity index is 462. The fourth-order valence-electron chi connectivity index (χ4n) is 1.49. The average Bonchev–Trinajstić information content (AvgIpc) is 2.38. The van der Waals surface area contributed by atoms with Gasteiger partial charge in [-0.1, -0.05) is 0 Å². The number of unbranched alkanes of at least 4 members (excludes halogenated alkanes) is 1. The van der Waals surface area contributed by atoms with Crippen LogP contribution >= 0.6 is 0 Å². The lowest BCUT2D eigenvalue weighted by Gasteiger charge is -2.07. The van der Waals surface area contributed by atoms with Crippen molar-refractivity contribution in [3.05, 3.63) is 28.3 Å². The minimum Gasteiger partial charge on any atom is -0.496 e. The van der Waals surface area contributed by atoms with E-state index >= 15 is 0 Å². The van der Waals surface area contributed by atoms with E-state index in [1.54, 1.807) is 6.07 Å². The van der Waals surface area contributed by atoms with E-state index in [1.807, 2.05) is 0 Å². The zero-order valence-corrected chi connectivity index (χ0v) is 10.7. The van der Waals surface area contributed by atoms with Crippen LogP contribution in [0.4, 0.5) is 5.69 Å². The summed E-state index contributed by atoms with van der Waals surface area (Å²) in [6, 6.07) is 4.45. The largest absolute Gasteiger partial charge is 0.496 e. The molecule has 0 saturated carbocycles. The number of hydrogen-bond acceptors (Lipinski definition) is 5. The van der Waals surface area contributed by atoms with Crippen molar-refractivity contribution < 1.29 is 14.4 Å². The van der Waals surface area contributed by atoms with Gasteiger partial charge >= 0.3 is 5.69 Å². The predicted octanol–water partition coefficient (Wildman–Crippen LogP) is 2.09. The highest BCUT2D eigenvalue weighted by Gasteiger charge is 2.16. The Balaban J connectivity index is 2.57. The lowest BCUT2D eigenvalue weighted by Crippen LogP contribution is -2.09. The molecule has 19 heavy (non-hydrogen) atoms. The fraction of sp³-hybridized carbons (Fsp3) is 0.417. The first-order chi connectivity index (χ1) is 9.04. The summed E-state index contributed by atoms with van der Waals surface area (Å²) in [6.07, 6.45) is 1.91. The molecular formula is C12H17N3O4. The molecule has 1 aromatic rings. The summed E-state index contributed by atoms with van der Waals surface area (Å²) in [4.78, 5) is 10.4. The number of hydrogen-bond donors (Lipinski definition) is 2. The van der Waals surface area contributed by atoms with E-state index in [4.69, 9.17) is 20.6 Å². The van der Waals surface area contributed by atoms with Crippen LogP contribution in [0.25, 0.3) is 0 Å². The van der Waals surface area contributed by atoms with Gasteiger partial charge in [0.2, 0.25) is 0 Å². The summed E-state index contributed by atoms with van der Waals surface area (Å²) in [5.74, 6) is 0.764. The van der Waals surface area contributed by atoms with Gasteiger partial charge in [-0.25, -0.2) is 0 Å². The topological polar surface area (TPSA) is 111 Å². The van der Waals surface area contributed by atoms with Crippen molar-refractivity contribution >= 4 is 11.5 Å². The highest BCUT2D eigenvalue weighted by atomic mass is 16.6. The molecule has 0 amide bonds. The number of nitrogens with zero attached hydrogens (tertiary/aromatic N) is 1. The number of nitrogens with two attached hydrogens (primary N) is 1. The molecule has 3 N–H and O–H groups in total. The number of benzene rings is 1. The Morgan fingerprint density at radius 3 is 2.79 bits per heavy atom. The Morgan fingerprint density at radius 1 is 1.47 bits per heavy atom. The standard InChI is InChI=1S/C12H17N3O4/c1-18-9-5-6-11(10(8-9)15(16)17)19-7-3-2-4-12(13)14/h5-6,8H,2-4,7H2,1H3,(H3,13,14). The Hall–Kier alpha value is -2.31. The SMILES string of the molecule is COc1ccc(OCCCCC(=N)N)c([N+](=O)[O-])c1. The van der Waals surface area contributed by atoms with E-state index in [0.717, 1.165) is 6.42 Å². The number of nitro benzene ring substituents is 1. The number of nitrogens with one attached hydrogen (secondary N) is 1. The van der Waals surface area contributed by atoms with Crippen LogP contribution in [0.3, 0.4) is 0 Å². The minimum atomic E-state index is -0.507. The maximum absolute atomic E-state index is 10.9. The van der Waals surface area contributed by atoms with Gasteiger partial charge < -0.3 is 15.2 Å². The summed E-state index contributed by atoms with van der Waals surface area (Å²) in [5, 5.41) is 18.0. The molecule has 7 nitrogen and oxygen atoms in total. The van der Waals surface area contributed by atoms with Crippen molar-refractivity contribution in [2.45, 2.75) is 19.3 Å². The van der Waals surface area contributed by atoms with Gasteiger partial charge in [0.05, 0.1) is 30.5 Å². The van der Waals surface area contributed by atoms with E-state index < -0.39 is 4.92 Å². The van der Waals surface area contributed by atoms with Crippen LogP contribution in [0.5, 0.6) is 11.5 Å². The number of nitro groups is 1. The molecule has 0 radical (unpaired) electrons. The predicted molar refractivity (Wildman–Crippen MR) is 70.9 cm³/mol. The maximum Gasteiger partial charge on any atom is 0.314 e. The van der Waals surface area contributed by atoms with Crippen LogP contribution in [0, 0.1) is 15.5 Å². The maximum atomic E-state index is 10.9. The molecule has 7 heteroatoms. The molecule has 0 bridgehead atoms. The summed E-state index contributed by atoms with van der Waals surface area (Å²) < 4.78 is 10.3. The fourth-order valence-corrected chi connectivity index (χ4v) is 1.49. The van der Waals surface area contributed by atoms with Crippen LogP contribution in [0.15, 0.2) is 18.2 Å². The monoisotopic (exact) mass is 267 g/mol. The van der Waals surface area contributed by atoms with Gasteiger partial charge in [-0.15, -0.1) is 0 Å². The van der Waals surface area contributed by atoms with E-state index in [1.165, 1.54) is 19.2 Å². The van der Waals surface area contributed by atoms with Crippen molar-refractivity contribution in [1.29, 1.82) is 5.41 Å². The average molecular weight is 267 g/mol. The highest BCUT2D eigenvalue weighted by Crippen LogP contribution is 2.31. The quantitative estimate of drug-likeness (QED) is 0.246. The molecule has 0 saturated heterocycles. The summed E-state index contributed by atoms with van der Waals surface area (Å²) >= 11 is 0. The normalized spacial score (nSPS) is 9.95. The number of methoxy groups -OCH3 is 1. The van der Waals surface area contributed by atoms with Gasteiger partial charge in [0.25, 0.3) is 0 Å². The molecule has 0 fully saturated rings. The third-order valence-electron chi connectivity index (χ3n) is 2.46. The third kappa shape index (κ3) is 4.82. The van der Waals surface area contributed by atoms with Gasteiger partial charge in [-0.2, -0.15) is 0 Å². The molecule has 0 unspecified atom stereocenters. The summed E-state index contributed by atoms with van der Waals surface area (Å²) in [6.45, 7) is 0.348. The van der Waals surface area contributed by atoms with Gasteiger partial charge in [0.1, 0.15) is 5.75 Å². The van der Waals surface area contributed by atoms with Crippen molar-refractivity contribution in [2.24, 2.45) is 5.73 Å². The van der Waals surface area contributed by atoms with Gasteiger partial charge in [-0.3, -0.25) is 15.5 Å². The molecule has 0 atom stereocenters. The Morgan fingerprint density at radius 2 is 2.21 bits per heavy atom. The Kier molecular flexibility index (Phi) is 5.59. The molecule has 104 valence electrons. The molecule has 1 rings (SSSR count). The summed E-state index contributed by atoms with van der Waals surface area (Å²) in [7, 11) is 1.45. The first-order valence-corrected chi connectivity index (χ1v) is 5.82. The molecule has 0 aliphatic carbocycles. The molecule has 1 aromatic carbocycles. The van der Waals surface area contributed by atoms with Crippen LogP contribution in [0.1, 0.15) is 19.3 Å². The number of ether oxygens (including phenoxy) is 2. The van der Waals surface area contributed by atoms with E-state index in [0.29, 0.717) is 25.2 Å². The lowest BCUT2D eigenvalue weighted by atomic mass is 10.2. The molecule has 0 aliphatic heterocycles. The molecule has 0 aromatic heterocycles. The van der Waals surface area contributed by atoms with Crippen LogP contribution < -0.4 is 15.2 Å². The van der Waals surface area contributed by atoms with Crippen LogP contribution in [0.2, 0.25) is 0 Å². The van der Waals surface area contributed by atoms with Crippen molar-refractivity contribution in [3.8, 4) is 11.5 Å². The van der Waals surface area contributed by atoms with E-state index in [9.17, 15) is 10.1 Å². The second kappa shape index (κ2) is 7.20. The third-order valence-corrected chi connectivity index (χ3v) is 2.46. The second-order valence-corrected chi connectivity index (χ2v) is 3.92. The lowest BCUT2D eigenvalue weighted by molar-refractivity contribution is -0.385. The highest BCUT2D eigenvalue weighted by molar-refractivity contribution is 5.76.